The lowest BCUT2D eigenvalue weighted by Gasteiger charge is -2.29. The SMILES string of the molecule is Cc1ccc(N2C(=O)C3Sc4[nH]c(=O)sc4C(c4ccc(OCc5cccc(C)c5)cc4)C3C2=O)cc1. The summed E-state index contributed by atoms with van der Waals surface area (Å²) in [5.41, 5.74) is 4.77. The van der Waals surface area contributed by atoms with Crippen molar-refractivity contribution < 1.29 is 14.3 Å². The maximum atomic E-state index is 13.8. The number of thioether (sulfide) groups is 1. The third-order valence-electron chi connectivity index (χ3n) is 6.84. The molecule has 1 N–H and O–H groups in total. The minimum Gasteiger partial charge on any atom is -0.489 e. The number of anilines is 1. The van der Waals surface area contributed by atoms with Gasteiger partial charge in [-0.1, -0.05) is 82.8 Å². The van der Waals surface area contributed by atoms with E-state index in [9.17, 15) is 14.4 Å². The van der Waals surface area contributed by atoms with Crippen LogP contribution in [0, 0.1) is 19.8 Å². The average Bonchev–Trinajstić information content (AvgIpc) is 3.38. The first-order valence-electron chi connectivity index (χ1n) is 12.0. The molecule has 0 saturated carbocycles. The van der Waals surface area contributed by atoms with Crippen molar-refractivity contribution >= 4 is 40.6 Å². The predicted octanol–water partition coefficient (Wildman–Crippen LogP) is 5.43. The minimum absolute atomic E-state index is 0.184. The summed E-state index contributed by atoms with van der Waals surface area (Å²) in [7, 11) is 0. The number of fused-ring (bicyclic) bond motifs is 2. The van der Waals surface area contributed by atoms with Gasteiger partial charge in [-0.3, -0.25) is 14.4 Å². The van der Waals surface area contributed by atoms with Crippen LogP contribution in [0.4, 0.5) is 5.69 Å². The summed E-state index contributed by atoms with van der Waals surface area (Å²) in [6.07, 6.45) is 0. The van der Waals surface area contributed by atoms with Crippen LogP contribution in [0.3, 0.4) is 0 Å². The first kappa shape index (κ1) is 23.8. The van der Waals surface area contributed by atoms with Crippen molar-refractivity contribution in [2.24, 2.45) is 5.92 Å². The number of ether oxygens (including phenoxy) is 1. The number of nitrogens with zero attached hydrogens (tertiary/aromatic N) is 1. The van der Waals surface area contributed by atoms with Crippen LogP contribution in [0.25, 0.3) is 0 Å². The van der Waals surface area contributed by atoms with E-state index in [0.717, 1.165) is 32.9 Å². The second-order valence-electron chi connectivity index (χ2n) is 9.44. The second kappa shape index (κ2) is 9.36. The average molecular weight is 529 g/mol. The zero-order valence-electron chi connectivity index (χ0n) is 20.3. The first-order chi connectivity index (χ1) is 17.9. The van der Waals surface area contributed by atoms with Crippen LogP contribution in [0.5, 0.6) is 5.75 Å². The number of nitrogens with one attached hydrogen (secondary N) is 1. The van der Waals surface area contributed by atoms with Gasteiger partial charge in [0.2, 0.25) is 11.8 Å². The van der Waals surface area contributed by atoms with Crippen molar-refractivity contribution in [3.8, 4) is 5.75 Å². The molecule has 0 aliphatic carbocycles. The number of benzene rings is 3. The standard InChI is InChI=1S/C29H24N2O4S2/c1-16-6-10-20(11-7-16)31-27(32)23-22(24-26(30-29(34)37-24)36-25(23)28(31)33)19-8-12-21(13-9-19)35-15-18-5-3-4-17(2)14-18/h3-14,22-23,25H,15H2,1-2H3,(H,30,34). The van der Waals surface area contributed by atoms with Crippen molar-refractivity contribution in [3.05, 3.63) is 110 Å². The lowest BCUT2D eigenvalue weighted by Crippen LogP contribution is -2.32. The van der Waals surface area contributed by atoms with Gasteiger partial charge in [0.15, 0.2) is 0 Å². The van der Waals surface area contributed by atoms with Crippen LogP contribution < -0.4 is 14.5 Å². The van der Waals surface area contributed by atoms with Gasteiger partial charge in [-0.2, -0.15) is 0 Å². The van der Waals surface area contributed by atoms with Crippen molar-refractivity contribution in [1.82, 2.24) is 4.98 Å². The molecule has 0 spiro atoms. The van der Waals surface area contributed by atoms with Crippen molar-refractivity contribution in [1.29, 1.82) is 0 Å². The molecule has 2 aliphatic rings. The Hall–Kier alpha value is -3.62. The highest BCUT2D eigenvalue weighted by molar-refractivity contribution is 8.00. The highest BCUT2D eigenvalue weighted by Gasteiger charge is 2.56. The number of aryl methyl sites for hydroxylation is 2. The molecule has 6 rings (SSSR count). The molecule has 6 nitrogen and oxygen atoms in total. The van der Waals surface area contributed by atoms with E-state index in [2.05, 4.69) is 11.1 Å². The molecule has 8 heteroatoms. The normalized spacial score (nSPS) is 20.6. The van der Waals surface area contributed by atoms with Gasteiger partial charge >= 0.3 is 4.87 Å². The molecule has 4 aromatic rings. The number of hydrogen-bond acceptors (Lipinski definition) is 6. The molecule has 37 heavy (non-hydrogen) atoms. The van der Waals surface area contributed by atoms with Gasteiger partial charge in [0.25, 0.3) is 0 Å². The Labute approximate surface area is 222 Å². The molecule has 2 aliphatic heterocycles. The quantitative estimate of drug-likeness (QED) is 0.350. The number of thiazole rings is 1. The Bertz CT molecular complexity index is 1560. The molecule has 0 bridgehead atoms. The van der Waals surface area contributed by atoms with E-state index in [-0.39, 0.29) is 16.7 Å². The summed E-state index contributed by atoms with van der Waals surface area (Å²) >= 11 is 2.40. The van der Waals surface area contributed by atoms with Gasteiger partial charge in [0.1, 0.15) is 17.6 Å². The Balaban J connectivity index is 1.32. The summed E-state index contributed by atoms with van der Waals surface area (Å²) in [4.78, 5) is 44.4. The summed E-state index contributed by atoms with van der Waals surface area (Å²) < 4.78 is 5.99. The number of aromatic nitrogens is 1. The second-order valence-corrected chi connectivity index (χ2v) is 11.6. The molecule has 3 atom stereocenters. The van der Waals surface area contributed by atoms with Gasteiger partial charge in [-0.15, -0.1) is 0 Å². The summed E-state index contributed by atoms with van der Waals surface area (Å²) in [6.45, 7) is 4.46. The predicted molar refractivity (Wildman–Crippen MR) is 146 cm³/mol. The van der Waals surface area contributed by atoms with Gasteiger partial charge < -0.3 is 9.72 Å². The summed E-state index contributed by atoms with van der Waals surface area (Å²) in [5, 5.41) is 0.0710. The Morgan fingerprint density at radius 1 is 0.892 bits per heavy atom. The smallest absolute Gasteiger partial charge is 0.305 e. The maximum Gasteiger partial charge on any atom is 0.305 e. The van der Waals surface area contributed by atoms with Crippen molar-refractivity contribution in [2.75, 3.05) is 4.90 Å². The van der Waals surface area contributed by atoms with Gasteiger partial charge in [0.05, 0.1) is 16.6 Å². The number of H-pyrrole nitrogens is 1. The number of carbonyl (C=O) groups is 2. The fraction of sp³-hybridized carbons (Fsp3) is 0.207. The summed E-state index contributed by atoms with van der Waals surface area (Å²) in [6, 6.07) is 23.2. The van der Waals surface area contributed by atoms with Crippen LogP contribution in [-0.2, 0) is 16.2 Å². The number of rotatable bonds is 5. The lowest BCUT2D eigenvalue weighted by atomic mass is 9.83. The van der Waals surface area contributed by atoms with E-state index >= 15 is 0 Å². The van der Waals surface area contributed by atoms with E-state index in [1.165, 1.54) is 22.2 Å². The molecule has 0 radical (unpaired) electrons. The number of aromatic amines is 1. The lowest BCUT2D eigenvalue weighted by molar-refractivity contribution is -0.122. The van der Waals surface area contributed by atoms with E-state index in [1.54, 1.807) is 12.1 Å². The monoisotopic (exact) mass is 528 g/mol. The Kier molecular flexibility index (Phi) is 6.01. The number of hydrogen-bond donors (Lipinski definition) is 1. The van der Waals surface area contributed by atoms with Crippen molar-refractivity contribution in [2.45, 2.75) is 36.6 Å². The molecular formula is C29H24N2O4S2. The van der Waals surface area contributed by atoms with E-state index < -0.39 is 17.1 Å². The van der Waals surface area contributed by atoms with Gasteiger partial charge in [-0.05, 0) is 49.2 Å². The zero-order valence-corrected chi connectivity index (χ0v) is 21.9. The number of carbonyl (C=O) groups excluding carboxylic acids is 2. The third-order valence-corrected chi connectivity index (χ3v) is 9.24. The molecule has 3 aromatic carbocycles. The van der Waals surface area contributed by atoms with Crippen LogP contribution in [0.15, 0.2) is 82.6 Å². The molecule has 1 fully saturated rings. The maximum absolute atomic E-state index is 13.8. The molecule has 1 aromatic heterocycles. The van der Waals surface area contributed by atoms with Crippen LogP contribution in [0.2, 0.25) is 0 Å². The molecule has 3 heterocycles. The molecular weight excluding hydrogens is 504 g/mol. The largest absolute Gasteiger partial charge is 0.489 e. The topological polar surface area (TPSA) is 79.5 Å². The molecule has 3 unspecified atom stereocenters. The Morgan fingerprint density at radius 3 is 2.38 bits per heavy atom. The fourth-order valence-electron chi connectivity index (χ4n) is 5.06. The highest BCUT2D eigenvalue weighted by Crippen LogP contribution is 2.53. The zero-order chi connectivity index (χ0) is 25.7. The summed E-state index contributed by atoms with van der Waals surface area (Å²) in [5.74, 6) is -0.767. The molecule has 1 saturated heterocycles. The van der Waals surface area contributed by atoms with E-state index in [1.807, 2.05) is 68.4 Å². The third kappa shape index (κ3) is 4.30. The number of imide groups is 1. The van der Waals surface area contributed by atoms with E-state index in [0.29, 0.717) is 23.1 Å². The minimum atomic E-state index is -0.603. The van der Waals surface area contributed by atoms with Crippen LogP contribution in [-0.4, -0.2) is 22.0 Å². The highest BCUT2D eigenvalue weighted by atomic mass is 32.2. The van der Waals surface area contributed by atoms with Crippen molar-refractivity contribution in [3.63, 3.8) is 0 Å². The molecule has 186 valence electrons. The van der Waals surface area contributed by atoms with Gasteiger partial charge in [0, 0.05) is 10.8 Å². The van der Waals surface area contributed by atoms with E-state index in [4.69, 9.17) is 4.74 Å². The fourth-order valence-corrected chi connectivity index (χ4v) is 7.58. The Morgan fingerprint density at radius 2 is 1.65 bits per heavy atom. The number of amides is 2. The molecule has 2 amide bonds. The van der Waals surface area contributed by atoms with Crippen LogP contribution in [0.1, 0.15) is 33.0 Å². The van der Waals surface area contributed by atoms with Gasteiger partial charge in [-0.25, -0.2) is 4.90 Å². The van der Waals surface area contributed by atoms with Crippen LogP contribution >= 0.6 is 23.1 Å². The first-order valence-corrected chi connectivity index (χ1v) is 13.7.